The first-order valence-corrected chi connectivity index (χ1v) is 9.05. The van der Waals surface area contributed by atoms with Crippen LogP contribution in [0.1, 0.15) is 44.8 Å². The first-order chi connectivity index (χ1) is 13.0. The molecule has 5 heteroatoms. The van der Waals surface area contributed by atoms with Gasteiger partial charge in [-0.05, 0) is 55.7 Å². The normalized spacial score (nSPS) is 13.3. The molecule has 0 spiro atoms. The van der Waals surface area contributed by atoms with Gasteiger partial charge in [-0.15, -0.1) is 0 Å². The number of para-hydroxylation sites is 1. The third-order valence-electron chi connectivity index (χ3n) is 4.99. The Balaban J connectivity index is 1.81. The van der Waals surface area contributed by atoms with Crippen LogP contribution < -0.4 is 11.1 Å². The molecule has 0 saturated heterocycles. The molecule has 0 unspecified atom stereocenters. The number of hydrogen-bond acceptors (Lipinski definition) is 3. The smallest absolute Gasteiger partial charge is 0.250 e. The fourth-order valence-corrected chi connectivity index (χ4v) is 3.76. The summed E-state index contributed by atoms with van der Waals surface area (Å²) >= 11 is 0. The Hall–Kier alpha value is -3.34. The van der Waals surface area contributed by atoms with Gasteiger partial charge in [-0.25, -0.2) is 0 Å². The van der Waals surface area contributed by atoms with Crippen molar-refractivity contribution in [2.75, 3.05) is 5.32 Å². The molecular weight excluding hydrogens is 338 g/mol. The number of anilines is 2. The molecule has 0 saturated carbocycles. The largest absolute Gasteiger partial charge is 0.366 e. The highest BCUT2D eigenvalue weighted by Gasteiger charge is 2.24. The van der Waals surface area contributed by atoms with Gasteiger partial charge in [0.05, 0.1) is 11.3 Å². The van der Waals surface area contributed by atoms with Gasteiger partial charge in [-0.1, -0.05) is 18.2 Å². The van der Waals surface area contributed by atoms with E-state index < -0.39 is 5.91 Å². The molecule has 0 bridgehead atoms. The molecule has 2 aromatic carbocycles. The minimum absolute atomic E-state index is 0.212. The molecule has 0 radical (unpaired) electrons. The van der Waals surface area contributed by atoms with Gasteiger partial charge in [-0.3, -0.25) is 9.59 Å². The number of aromatic nitrogens is 1. The van der Waals surface area contributed by atoms with Crippen molar-refractivity contribution in [1.29, 1.82) is 0 Å². The zero-order valence-electron chi connectivity index (χ0n) is 15.2. The molecule has 0 fully saturated rings. The van der Waals surface area contributed by atoms with Gasteiger partial charge in [0.1, 0.15) is 0 Å². The maximum Gasteiger partial charge on any atom is 0.250 e. The number of carbonyl (C=O) groups excluding carboxylic acids is 2. The van der Waals surface area contributed by atoms with Crippen LogP contribution in [0.3, 0.4) is 0 Å². The lowest BCUT2D eigenvalue weighted by atomic mass is 9.94. The Bertz CT molecular complexity index is 1040. The number of ketones is 1. The van der Waals surface area contributed by atoms with Crippen LogP contribution in [0.15, 0.2) is 54.7 Å². The number of benzene rings is 2. The van der Waals surface area contributed by atoms with Crippen molar-refractivity contribution in [3.63, 3.8) is 0 Å². The summed E-state index contributed by atoms with van der Waals surface area (Å²) in [6, 6.07) is 15.1. The first kappa shape index (κ1) is 17.1. The first-order valence-electron chi connectivity index (χ1n) is 9.05. The Morgan fingerprint density at radius 2 is 1.89 bits per heavy atom. The molecule has 27 heavy (non-hydrogen) atoms. The molecule has 1 amide bonds. The van der Waals surface area contributed by atoms with E-state index in [1.807, 2.05) is 55.6 Å². The van der Waals surface area contributed by atoms with Crippen molar-refractivity contribution in [3.05, 3.63) is 77.1 Å². The van der Waals surface area contributed by atoms with Gasteiger partial charge in [0, 0.05) is 35.2 Å². The van der Waals surface area contributed by atoms with Crippen LogP contribution >= 0.6 is 0 Å². The highest BCUT2D eigenvalue weighted by molar-refractivity contribution is 6.01. The number of hydrogen-bond donors (Lipinski definition) is 2. The molecule has 3 N–H and O–H groups in total. The fraction of sp³-hybridized carbons (Fsp3) is 0.182. The fourth-order valence-electron chi connectivity index (χ4n) is 3.76. The Labute approximate surface area is 157 Å². The third-order valence-corrected chi connectivity index (χ3v) is 4.99. The van der Waals surface area contributed by atoms with Crippen molar-refractivity contribution >= 4 is 23.1 Å². The number of carbonyl (C=O) groups is 2. The molecule has 136 valence electrons. The van der Waals surface area contributed by atoms with E-state index in [0.29, 0.717) is 17.7 Å². The molecule has 1 aliphatic carbocycles. The summed E-state index contributed by atoms with van der Waals surface area (Å²) in [4.78, 5) is 24.2. The highest BCUT2D eigenvalue weighted by Crippen LogP contribution is 2.31. The van der Waals surface area contributed by atoms with Crippen molar-refractivity contribution < 1.29 is 9.59 Å². The molecule has 1 heterocycles. The van der Waals surface area contributed by atoms with Crippen molar-refractivity contribution in [1.82, 2.24) is 4.57 Å². The van der Waals surface area contributed by atoms with Crippen LogP contribution in [0.25, 0.3) is 5.69 Å². The van der Waals surface area contributed by atoms with Crippen LogP contribution in [-0.4, -0.2) is 16.3 Å². The van der Waals surface area contributed by atoms with E-state index in [1.54, 1.807) is 6.07 Å². The second-order valence-electron chi connectivity index (χ2n) is 6.87. The predicted molar refractivity (Wildman–Crippen MR) is 106 cm³/mol. The number of aryl methyl sites for hydroxylation is 1. The topological polar surface area (TPSA) is 77.1 Å². The van der Waals surface area contributed by atoms with E-state index in [4.69, 9.17) is 5.73 Å². The Morgan fingerprint density at radius 3 is 2.63 bits per heavy atom. The lowest BCUT2D eigenvalue weighted by molar-refractivity contribution is 0.0969. The number of nitrogens with one attached hydrogen (secondary N) is 1. The summed E-state index contributed by atoms with van der Waals surface area (Å²) in [5.74, 6) is -0.273. The summed E-state index contributed by atoms with van der Waals surface area (Å²) in [5.41, 5.74) is 11.3. The average molecular weight is 359 g/mol. The summed E-state index contributed by atoms with van der Waals surface area (Å²) in [6.07, 6.45) is 4.34. The quantitative estimate of drug-likeness (QED) is 0.735. The number of amides is 1. The zero-order chi connectivity index (χ0) is 19.0. The van der Waals surface area contributed by atoms with E-state index in [2.05, 4.69) is 9.88 Å². The molecule has 1 aliphatic rings. The third kappa shape index (κ3) is 3.12. The van der Waals surface area contributed by atoms with Gasteiger partial charge in [0.15, 0.2) is 5.78 Å². The highest BCUT2D eigenvalue weighted by atomic mass is 16.1. The maximum absolute atomic E-state index is 12.3. The molecule has 3 aromatic rings. The number of Topliss-reactive ketones (excluding diaryl/α,β-unsaturated/α-hetero) is 1. The van der Waals surface area contributed by atoms with Crippen LogP contribution in [-0.2, 0) is 6.42 Å². The van der Waals surface area contributed by atoms with E-state index in [-0.39, 0.29) is 5.78 Å². The summed E-state index contributed by atoms with van der Waals surface area (Å²) in [5, 5.41) is 3.28. The molecule has 0 aliphatic heterocycles. The van der Waals surface area contributed by atoms with Crippen LogP contribution in [0, 0.1) is 6.92 Å². The van der Waals surface area contributed by atoms with Gasteiger partial charge < -0.3 is 15.6 Å². The molecule has 0 atom stereocenters. The minimum Gasteiger partial charge on any atom is -0.366 e. The average Bonchev–Trinajstić information content (AvgIpc) is 3.00. The maximum atomic E-state index is 12.3. The monoisotopic (exact) mass is 359 g/mol. The molecule has 4 rings (SSSR count). The Morgan fingerprint density at radius 1 is 1.11 bits per heavy atom. The zero-order valence-corrected chi connectivity index (χ0v) is 15.2. The second kappa shape index (κ2) is 6.76. The number of nitrogens with zero attached hydrogens (tertiary/aromatic N) is 1. The minimum atomic E-state index is -0.485. The van der Waals surface area contributed by atoms with E-state index in [0.717, 1.165) is 41.0 Å². The molecule has 5 nitrogen and oxygen atoms in total. The second-order valence-corrected chi connectivity index (χ2v) is 6.87. The van der Waals surface area contributed by atoms with Gasteiger partial charge in [0.25, 0.3) is 5.91 Å². The van der Waals surface area contributed by atoms with E-state index in [9.17, 15) is 9.59 Å². The standard InChI is InChI=1S/C22H21N3O2/c1-14-13-25(19-8-5-9-20(26)21(14)19)16-10-11-17(22(23)27)18(12-16)24-15-6-3-2-4-7-15/h2-4,6-7,10-13,24H,5,8-9H2,1H3,(H2,23,27). The molecular formula is C22H21N3O2. The van der Waals surface area contributed by atoms with Crippen LogP contribution in [0.4, 0.5) is 11.4 Å². The Kier molecular flexibility index (Phi) is 4.28. The number of nitrogens with two attached hydrogens (primary N) is 1. The number of rotatable bonds is 4. The van der Waals surface area contributed by atoms with Crippen molar-refractivity contribution in [2.24, 2.45) is 5.73 Å². The van der Waals surface area contributed by atoms with Gasteiger partial charge >= 0.3 is 0 Å². The number of primary amides is 1. The van der Waals surface area contributed by atoms with Crippen molar-refractivity contribution in [2.45, 2.75) is 26.2 Å². The SMILES string of the molecule is Cc1cn(-c2ccc(C(N)=O)c(Nc3ccccc3)c2)c2c1C(=O)CCC2. The summed E-state index contributed by atoms with van der Waals surface area (Å²) in [7, 11) is 0. The van der Waals surface area contributed by atoms with E-state index in [1.165, 1.54) is 0 Å². The van der Waals surface area contributed by atoms with Crippen LogP contribution in [0.2, 0.25) is 0 Å². The van der Waals surface area contributed by atoms with Crippen LogP contribution in [0.5, 0.6) is 0 Å². The van der Waals surface area contributed by atoms with Gasteiger partial charge in [0.2, 0.25) is 0 Å². The summed E-state index contributed by atoms with van der Waals surface area (Å²) < 4.78 is 2.06. The molecule has 1 aromatic heterocycles. The van der Waals surface area contributed by atoms with Crippen molar-refractivity contribution in [3.8, 4) is 5.69 Å². The summed E-state index contributed by atoms with van der Waals surface area (Å²) in [6.45, 7) is 1.97. The number of fused-ring (bicyclic) bond motifs is 1. The van der Waals surface area contributed by atoms with E-state index >= 15 is 0 Å². The van der Waals surface area contributed by atoms with Gasteiger partial charge in [-0.2, -0.15) is 0 Å². The lowest BCUT2D eigenvalue weighted by Gasteiger charge is -2.17. The predicted octanol–water partition coefficient (Wildman–Crippen LogP) is 4.15. The lowest BCUT2D eigenvalue weighted by Crippen LogP contribution is -2.15.